The summed E-state index contributed by atoms with van der Waals surface area (Å²) in [6, 6.07) is 23.9. The number of rotatable bonds is 4. The number of hydrogen-bond acceptors (Lipinski definition) is 1. The van der Waals surface area contributed by atoms with Crippen molar-refractivity contribution in [3.63, 3.8) is 0 Å². The fraction of sp³-hybridized carbons (Fsp3) is 0.136. The van der Waals surface area contributed by atoms with Crippen molar-refractivity contribution >= 4 is 30.7 Å². The number of anilines is 1. The van der Waals surface area contributed by atoms with Gasteiger partial charge in [-0.15, -0.1) is 0 Å². The first-order valence-electron chi connectivity index (χ1n) is 8.38. The summed E-state index contributed by atoms with van der Waals surface area (Å²) in [7, 11) is 9.63. The van der Waals surface area contributed by atoms with Gasteiger partial charge in [0.05, 0.1) is 0 Å². The molecular weight excluding hydrogens is 472 g/mol. The Morgan fingerprint density at radius 3 is 2.07 bits per heavy atom. The first-order chi connectivity index (χ1) is 13.0. The standard InChI is InChI=1S/C22H21NO.2ClH.Pd/c1-16-13-17(2)20(15-18-9-5-3-6-10-18)21(14-16)23-22(24)19-11-7-4-8-12-19;;;/h3-14H,15H2,1-2H3,(H,23,24);2*1H;/q;;;+2/p-2. The van der Waals surface area contributed by atoms with Crippen LogP contribution in [0.2, 0.25) is 0 Å². The van der Waals surface area contributed by atoms with Gasteiger partial charge in [0.25, 0.3) is 5.91 Å². The van der Waals surface area contributed by atoms with Crippen LogP contribution < -0.4 is 5.32 Å². The van der Waals surface area contributed by atoms with E-state index in [1.54, 1.807) is 0 Å². The summed E-state index contributed by atoms with van der Waals surface area (Å²) >= 11 is -0.106. The van der Waals surface area contributed by atoms with Crippen LogP contribution in [-0.4, -0.2) is 5.91 Å². The van der Waals surface area contributed by atoms with E-state index in [1.807, 2.05) is 54.6 Å². The number of benzene rings is 3. The quantitative estimate of drug-likeness (QED) is 0.413. The average molecular weight is 493 g/mol. The van der Waals surface area contributed by atoms with Gasteiger partial charge in [-0.25, -0.2) is 0 Å². The van der Waals surface area contributed by atoms with Gasteiger partial charge in [0.2, 0.25) is 0 Å². The van der Waals surface area contributed by atoms with E-state index in [4.69, 9.17) is 19.1 Å². The summed E-state index contributed by atoms with van der Waals surface area (Å²) < 4.78 is 0. The second-order valence-electron chi connectivity index (χ2n) is 6.14. The van der Waals surface area contributed by atoms with Gasteiger partial charge >= 0.3 is 35.0 Å². The third-order valence-electron chi connectivity index (χ3n) is 4.13. The molecule has 1 amide bonds. The number of aryl methyl sites for hydroxylation is 2. The van der Waals surface area contributed by atoms with Gasteiger partial charge < -0.3 is 5.32 Å². The zero-order valence-corrected chi connectivity index (χ0v) is 18.2. The van der Waals surface area contributed by atoms with Gasteiger partial charge in [0.15, 0.2) is 0 Å². The Hall–Kier alpha value is -1.63. The second kappa shape index (κ2) is 11.3. The van der Waals surface area contributed by atoms with E-state index in [1.165, 1.54) is 11.1 Å². The molecule has 0 heterocycles. The maximum absolute atomic E-state index is 12.5. The molecule has 0 spiro atoms. The van der Waals surface area contributed by atoms with Crippen LogP contribution in [0.3, 0.4) is 0 Å². The van der Waals surface area contributed by atoms with Crippen LogP contribution in [0.1, 0.15) is 32.6 Å². The molecule has 0 saturated heterocycles. The number of carbonyl (C=O) groups is 1. The summed E-state index contributed by atoms with van der Waals surface area (Å²) in [4.78, 5) is 12.5. The van der Waals surface area contributed by atoms with Crippen LogP contribution >= 0.6 is 19.1 Å². The molecule has 0 aliphatic heterocycles. The van der Waals surface area contributed by atoms with Crippen molar-refractivity contribution in [3.05, 3.63) is 101 Å². The van der Waals surface area contributed by atoms with Crippen LogP contribution in [0.15, 0.2) is 72.8 Å². The fourth-order valence-corrected chi connectivity index (χ4v) is 2.93. The van der Waals surface area contributed by atoms with Crippen molar-refractivity contribution in [3.8, 4) is 0 Å². The Bertz CT molecular complexity index is 870. The molecule has 2 nitrogen and oxygen atoms in total. The van der Waals surface area contributed by atoms with E-state index < -0.39 is 0 Å². The van der Waals surface area contributed by atoms with Gasteiger partial charge in [0, 0.05) is 11.3 Å². The average Bonchev–Trinajstić information content (AvgIpc) is 2.67. The van der Waals surface area contributed by atoms with Gasteiger partial charge in [-0.3, -0.25) is 4.79 Å². The minimum absolute atomic E-state index is 0.0742. The van der Waals surface area contributed by atoms with Crippen LogP contribution in [0.25, 0.3) is 0 Å². The van der Waals surface area contributed by atoms with Crippen LogP contribution in [0.4, 0.5) is 5.69 Å². The number of nitrogens with one attached hydrogen (secondary N) is 1. The summed E-state index contributed by atoms with van der Waals surface area (Å²) in [5, 5.41) is 3.09. The van der Waals surface area contributed by atoms with Crippen molar-refractivity contribution < 1.29 is 20.7 Å². The van der Waals surface area contributed by atoms with E-state index >= 15 is 0 Å². The van der Waals surface area contributed by atoms with E-state index in [0.717, 1.165) is 23.2 Å². The van der Waals surface area contributed by atoms with Crippen molar-refractivity contribution in [2.75, 3.05) is 5.32 Å². The molecule has 0 atom stereocenters. The fourth-order valence-electron chi connectivity index (χ4n) is 2.93. The number of amides is 1. The summed E-state index contributed by atoms with van der Waals surface area (Å²) in [6.45, 7) is 4.15. The number of carbonyl (C=O) groups excluding carboxylic acids is 1. The SMILES string of the molecule is Cc1cc(C)c(Cc2ccccc2)c(NC(=O)c2ccccc2)c1.[Cl][Pd][Cl]. The normalized spacial score (nSPS) is 10.1. The first kappa shape index (κ1) is 21.7. The molecule has 0 aliphatic rings. The third kappa shape index (κ3) is 6.79. The molecule has 0 fully saturated rings. The molecule has 0 unspecified atom stereocenters. The predicted molar refractivity (Wildman–Crippen MR) is 111 cm³/mol. The molecule has 144 valence electrons. The Morgan fingerprint density at radius 1 is 0.926 bits per heavy atom. The first-order valence-corrected chi connectivity index (χ1v) is 12.4. The predicted octanol–water partition coefficient (Wildman–Crippen LogP) is 6.52. The van der Waals surface area contributed by atoms with Crippen LogP contribution in [0, 0.1) is 13.8 Å². The van der Waals surface area contributed by atoms with E-state index in [9.17, 15) is 4.79 Å². The van der Waals surface area contributed by atoms with Crippen molar-refractivity contribution in [2.24, 2.45) is 0 Å². The molecule has 0 aromatic heterocycles. The molecule has 0 radical (unpaired) electrons. The molecule has 27 heavy (non-hydrogen) atoms. The Morgan fingerprint density at radius 2 is 1.48 bits per heavy atom. The van der Waals surface area contributed by atoms with E-state index in [-0.39, 0.29) is 21.8 Å². The van der Waals surface area contributed by atoms with E-state index in [0.29, 0.717) is 5.56 Å². The summed E-state index contributed by atoms with van der Waals surface area (Å²) in [6.07, 6.45) is 0.803. The Kier molecular flexibility index (Phi) is 9.04. The third-order valence-corrected chi connectivity index (χ3v) is 4.13. The monoisotopic (exact) mass is 491 g/mol. The van der Waals surface area contributed by atoms with E-state index in [2.05, 4.69) is 37.4 Å². The summed E-state index contributed by atoms with van der Waals surface area (Å²) in [5.74, 6) is -0.0742. The summed E-state index contributed by atoms with van der Waals surface area (Å²) in [5.41, 5.74) is 6.30. The van der Waals surface area contributed by atoms with Crippen molar-refractivity contribution in [1.29, 1.82) is 0 Å². The molecular formula is C22H21Cl2NOPd. The van der Waals surface area contributed by atoms with Crippen LogP contribution in [-0.2, 0) is 22.4 Å². The Balaban J connectivity index is 0.000000817. The van der Waals surface area contributed by atoms with Crippen molar-refractivity contribution in [1.82, 2.24) is 0 Å². The zero-order chi connectivity index (χ0) is 19.6. The zero-order valence-electron chi connectivity index (χ0n) is 15.1. The maximum atomic E-state index is 12.5. The topological polar surface area (TPSA) is 29.1 Å². The molecule has 3 aromatic carbocycles. The molecule has 3 rings (SSSR count). The Labute approximate surface area is 177 Å². The number of hydrogen-bond donors (Lipinski definition) is 1. The van der Waals surface area contributed by atoms with Gasteiger partial charge in [-0.2, -0.15) is 0 Å². The molecule has 0 aliphatic carbocycles. The molecule has 3 aromatic rings. The molecule has 0 bridgehead atoms. The minimum atomic E-state index is -0.106. The van der Waals surface area contributed by atoms with Crippen molar-refractivity contribution in [2.45, 2.75) is 20.3 Å². The van der Waals surface area contributed by atoms with Crippen LogP contribution in [0.5, 0.6) is 0 Å². The second-order valence-corrected chi connectivity index (χ2v) is 8.50. The van der Waals surface area contributed by atoms with Gasteiger partial charge in [0.1, 0.15) is 0 Å². The molecule has 1 N–H and O–H groups in total. The van der Waals surface area contributed by atoms with Gasteiger partial charge in [-0.1, -0.05) is 54.6 Å². The number of halogens is 2. The molecule has 5 heteroatoms. The van der Waals surface area contributed by atoms with Gasteiger partial charge in [-0.05, 0) is 60.7 Å². The molecule has 0 saturated carbocycles.